The molecule has 0 aliphatic heterocycles. The zero-order valence-corrected chi connectivity index (χ0v) is 17.7. The molecule has 0 atom stereocenters. The van der Waals surface area contributed by atoms with Gasteiger partial charge in [0.05, 0.1) is 17.6 Å². The summed E-state index contributed by atoms with van der Waals surface area (Å²) in [4.78, 5) is 4.80. The van der Waals surface area contributed by atoms with Gasteiger partial charge in [-0.05, 0) is 74.2 Å². The van der Waals surface area contributed by atoms with Crippen LogP contribution in [0.25, 0.3) is 11.0 Å². The van der Waals surface area contributed by atoms with E-state index in [9.17, 15) is 0 Å². The van der Waals surface area contributed by atoms with Crippen molar-refractivity contribution >= 4 is 11.0 Å². The van der Waals surface area contributed by atoms with Crippen molar-refractivity contribution in [2.75, 3.05) is 6.61 Å². The third-order valence-electron chi connectivity index (χ3n) is 5.08. The van der Waals surface area contributed by atoms with Gasteiger partial charge in [-0.3, -0.25) is 0 Å². The van der Waals surface area contributed by atoms with Crippen LogP contribution in [0.3, 0.4) is 0 Å². The molecule has 30 heavy (non-hydrogen) atoms. The highest BCUT2D eigenvalue weighted by Gasteiger charge is 2.11. The van der Waals surface area contributed by atoms with Crippen molar-refractivity contribution in [1.82, 2.24) is 9.55 Å². The topological polar surface area (TPSA) is 36.3 Å². The lowest BCUT2D eigenvalue weighted by Gasteiger charge is -2.11. The Balaban J connectivity index is 1.37. The summed E-state index contributed by atoms with van der Waals surface area (Å²) in [6.45, 7) is 6.26. The summed E-state index contributed by atoms with van der Waals surface area (Å²) in [6, 6.07) is 24.5. The highest BCUT2D eigenvalue weighted by Crippen LogP contribution is 2.20. The van der Waals surface area contributed by atoms with E-state index in [1.54, 1.807) is 0 Å². The van der Waals surface area contributed by atoms with Crippen molar-refractivity contribution in [2.45, 2.75) is 39.8 Å². The number of nitrogens with zero attached hydrogens (tertiary/aromatic N) is 2. The molecule has 4 nitrogen and oxygen atoms in total. The van der Waals surface area contributed by atoms with E-state index in [0.717, 1.165) is 47.7 Å². The van der Waals surface area contributed by atoms with E-state index in [1.165, 1.54) is 11.1 Å². The van der Waals surface area contributed by atoms with E-state index >= 15 is 0 Å². The Bertz CT molecular complexity index is 1080. The van der Waals surface area contributed by atoms with Crippen LogP contribution in [-0.2, 0) is 13.2 Å². The number of imidazole rings is 1. The highest BCUT2D eigenvalue weighted by molar-refractivity contribution is 5.75. The van der Waals surface area contributed by atoms with Crippen molar-refractivity contribution in [3.63, 3.8) is 0 Å². The molecule has 154 valence electrons. The smallest absolute Gasteiger partial charge is 0.147 e. The van der Waals surface area contributed by atoms with Gasteiger partial charge in [-0.15, -0.1) is 0 Å². The second-order valence-corrected chi connectivity index (χ2v) is 7.65. The van der Waals surface area contributed by atoms with Crippen molar-refractivity contribution in [2.24, 2.45) is 0 Å². The maximum Gasteiger partial charge on any atom is 0.147 e. The SMILES string of the molecule is Cc1cc(C)cc(OCCCCn2c(COc3ccccc3)nc3ccccc32)c1. The Kier molecular flexibility index (Phi) is 6.33. The molecule has 1 heterocycles. The van der Waals surface area contributed by atoms with Crippen LogP contribution < -0.4 is 9.47 Å². The first kappa shape index (κ1) is 20.0. The van der Waals surface area contributed by atoms with Crippen LogP contribution in [0.5, 0.6) is 11.5 Å². The van der Waals surface area contributed by atoms with Crippen LogP contribution in [0.4, 0.5) is 0 Å². The summed E-state index contributed by atoms with van der Waals surface area (Å²) >= 11 is 0. The number of fused-ring (bicyclic) bond motifs is 1. The number of ether oxygens (including phenoxy) is 2. The summed E-state index contributed by atoms with van der Waals surface area (Å²) in [5.74, 6) is 2.77. The summed E-state index contributed by atoms with van der Waals surface area (Å²) < 4.78 is 14.2. The molecule has 1 aromatic heterocycles. The molecule has 0 radical (unpaired) electrons. The van der Waals surface area contributed by atoms with E-state index in [2.05, 4.69) is 54.8 Å². The first-order valence-electron chi connectivity index (χ1n) is 10.5. The van der Waals surface area contributed by atoms with Gasteiger partial charge in [0.15, 0.2) is 0 Å². The van der Waals surface area contributed by atoms with Crippen LogP contribution in [0.1, 0.15) is 29.8 Å². The van der Waals surface area contributed by atoms with Crippen molar-refractivity contribution < 1.29 is 9.47 Å². The standard InChI is InChI=1S/C26H28N2O2/c1-20-16-21(2)18-23(17-20)29-15-9-8-14-28-25-13-7-6-12-24(25)27-26(28)19-30-22-10-4-3-5-11-22/h3-7,10-13,16-18H,8-9,14-15,19H2,1-2H3. The number of rotatable bonds is 9. The monoisotopic (exact) mass is 400 g/mol. The Labute approximate surface area is 178 Å². The molecular weight excluding hydrogens is 372 g/mol. The Morgan fingerprint density at radius 2 is 1.50 bits per heavy atom. The molecule has 0 aliphatic rings. The zero-order chi connectivity index (χ0) is 20.8. The molecule has 0 unspecified atom stereocenters. The minimum Gasteiger partial charge on any atom is -0.494 e. The molecule has 0 aliphatic carbocycles. The number of para-hydroxylation sites is 3. The Morgan fingerprint density at radius 3 is 2.30 bits per heavy atom. The van der Waals surface area contributed by atoms with E-state index in [4.69, 9.17) is 14.5 Å². The molecule has 0 saturated carbocycles. The first-order chi connectivity index (χ1) is 14.7. The molecule has 0 bridgehead atoms. The molecule has 4 rings (SSSR count). The van der Waals surface area contributed by atoms with E-state index < -0.39 is 0 Å². The largest absolute Gasteiger partial charge is 0.494 e. The lowest BCUT2D eigenvalue weighted by molar-refractivity contribution is 0.285. The average molecular weight is 401 g/mol. The lowest BCUT2D eigenvalue weighted by atomic mass is 10.1. The van der Waals surface area contributed by atoms with Crippen LogP contribution in [0, 0.1) is 13.8 Å². The molecular formula is C26H28N2O2. The van der Waals surface area contributed by atoms with Gasteiger partial charge < -0.3 is 14.0 Å². The summed E-state index contributed by atoms with van der Waals surface area (Å²) in [5.41, 5.74) is 4.63. The van der Waals surface area contributed by atoms with Crippen LogP contribution in [0.2, 0.25) is 0 Å². The Morgan fingerprint density at radius 1 is 0.767 bits per heavy atom. The van der Waals surface area contributed by atoms with Gasteiger partial charge in [0.2, 0.25) is 0 Å². The Hall–Kier alpha value is -3.27. The molecule has 3 aromatic carbocycles. The minimum absolute atomic E-state index is 0.456. The molecule has 0 spiro atoms. The van der Waals surface area contributed by atoms with Crippen molar-refractivity contribution in [1.29, 1.82) is 0 Å². The minimum atomic E-state index is 0.456. The summed E-state index contributed by atoms with van der Waals surface area (Å²) in [6.07, 6.45) is 2.00. The molecule has 0 saturated heterocycles. The number of hydrogen-bond donors (Lipinski definition) is 0. The molecule has 0 fully saturated rings. The second kappa shape index (κ2) is 9.49. The molecule has 4 heteroatoms. The number of aromatic nitrogens is 2. The zero-order valence-electron chi connectivity index (χ0n) is 17.7. The number of benzene rings is 3. The molecule has 0 N–H and O–H groups in total. The average Bonchev–Trinajstić information content (AvgIpc) is 3.10. The van der Waals surface area contributed by atoms with E-state index in [0.29, 0.717) is 13.2 Å². The van der Waals surface area contributed by atoms with Crippen LogP contribution >= 0.6 is 0 Å². The van der Waals surface area contributed by atoms with Gasteiger partial charge in [0.1, 0.15) is 23.9 Å². The van der Waals surface area contributed by atoms with Gasteiger partial charge in [-0.2, -0.15) is 0 Å². The predicted octanol–water partition coefficient (Wildman–Crippen LogP) is 6.09. The number of aryl methyl sites for hydroxylation is 3. The lowest BCUT2D eigenvalue weighted by Crippen LogP contribution is -2.09. The highest BCUT2D eigenvalue weighted by atomic mass is 16.5. The molecule has 4 aromatic rings. The van der Waals surface area contributed by atoms with Crippen LogP contribution in [0.15, 0.2) is 72.8 Å². The van der Waals surface area contributed by atoms with Gasteiger partial charge in [0.25, 0.3) is 0 Å². The fourth-order valence-electron chi connectivity index (χ4n) is 3.73. The maximum atomic E-state index is 5.96. The van der Waals surface area contributed by atoms with Crippen LogP contribution in [-0.4, -0.2) is 16.2 Å². The normalized spacial score (nSPS) is 11.0. The van der Waals surface area contributed by atoms with Gasteiger partial charge in [-0.1, -0.05) is 36.4 Å². The number of unbranched alkanes of at least 4 members (excludes halogenated alkanes) is 1. The van der Waals surface area contributed by atoms with Gasteiger partial charge in [0, 0.05) is 6.54 Å². The molecule has 0 amide bonds. The van der Waals surface area contributed by atoms with Gasteiger partial charge >= 0.3 is 0 Å². The summed E-state index contributed by atoms with van der Waals surface area (Å²) in [5, 5.41) is 0. The summed E-state index contributed by atoms with van der Waals surface area (Å²) in [7, 11) is 0. The van der Waals surface area contributed by atoms with Gasteiger partial charge in [-0.25, -0.2) is 4.98 Å². The number of hydrogen-bond acceptors (Lipinski definition) is 3. The van der Waals surface area contributed by atoms with Crippen molar-refractivity contribution in [3.05, 3.63) is 89.7 Å². The van der Waals surface area contributed by atoms with E-state index in [1.807, 2.05) is 36.4 Å². The second-order valence-electron chi connectivity index (χ2n) is 7.65. The van der Waals surface area contributed by atoms with Crippen molar-refractivity contribution in [3.8, 4) is 11.5 Å². The third kappa shape index (κ3) is 5.01. The fourth-order valence-corrected chi connectivity index (χ4v) is 3.73. The predicted molar refractivity (Wildman–Crippen MR) is 121 cm³/mol. The maximum absolute atomic E-state index is 5.96. The fraction of sp³-hybridized carbons (Fsp3) is 0.269. The quantitative estimate of drug-likeness (QED) is 0.319. The first-order valence-corrected chi connectivity index (χ1v) is 10.5. The third-order valence-corrected chi connectivity index (χ3v) is 5.08. The van der Waals surface area contributed by atoms with E-state index in [-0.39, 0.29) is 0 Å².